The van der Waals surface area contributed by atoms with Gasteiger partial charge in [0, 0.05) is 11.7 Å². The Morgan fingerprint density at radius 3 is 2.07 bits per heavy atom. The minimum atomic E-state index is -0.414. The number of para-hydroxylation sites is 1. The zero-order chi connectivity index (χ0) is 22.3. The first-order valence-corrected chi connectivity index (χ1v) is 10.7. The van der Waals surface area contributed by atoms with Crippen molar-refractivity contribution in [1.82, 2.24) is 10.6 Å². The summed E-state index contributed by atoms with van der Waals surface area (Å²) in [5.41, 5.74) is 5.25. The van der Waals surface area contributed by atoms with Gasteiger partial charge in [-0.2, -0.15) is 0 Å². The zero-order valence-corrected chi connectivity index (χ0v) is 19.0. The van der Waals surface area contributed by atoms with Gasteiger partial charge in [0.1, 0.15) is 0 Å². The fourth-order valence-electron chi connectivity index (χ4n) is 3.48. The SMILES string of the molecule is Cc1cccc(C)c1NC(=O)CNC(=O)[C@@H](C)N[C@@H](C)c1ccc(CC(C)C)cc1. The van der Waals surface area contributed by atoms with Crippen LogP contribution in [0.5, 0.6) is 0 Å². The number of carbonyl (C=O) groups is 2. The van der Waals surface area contributed by atoms with Gasteiger partial charge in [-0.25, -0.2) is 0 Å². The molecule has 2 aromatic carbocycles. The Morgan fingerprint density at radius 1 is 0.900 bits per heavy atom. The number of hydrogen-bond donors (Lipinski definition) is 3. The molecule has 30 heavy (non-hydrogen) atoms. The Labute approximate surface area is 180 Å². The highest BCUT2D eigenvalue weighted by Gasteiger charge is 2.17. The molecule has 0 bridgehead atoms. The summed E-state index contributed by atoms with van der Waals surface area (Å²) in [5, 5.41) is 8.90. The van der Waals surface area contributed by atoms with E-state index in [1.165, 1.54) is 5.56 Å². The highest BCUT2D eigenvalue weighted by molar-refractivity contribution is 5.96. The first-order chi connectivity index (χ1) is 14.2. The summed E-state index contributed by atoms with van der Waals surface area (Å²) < 4.78 is 0. The summed E-state index contributed by atoms with van der Waals surface area (Å²) in [7, 11) is 0. The lowest BCUT2D eigenvalue weighted by atomic mass is 9.99. The molecule has 0 aromatic heterocycles. The molecule has 0 saturated carbocycles. The molecular formula is C25H35N3O2. The van der Waals surface area contributed by atoms with E-state index in [9.17, 15) is 9.59 Å². The van der Waals surface area contributed by atoms with E-state index in [0.29, 0.717) is 5.92 Å². The normalized spacial score (nSPS) is 13.0. The Balaban J connectivity index is 1.83. The van der Waals surface area contributed by atoms with Crippen LogP contribution in [-0.2, 0) is 16.0 Å². The molecule has 0 saturated heterocycles. The predicted octanol–water partition coefficient (Wildman–Crippen LogP) is 4.30. The molecule has 0 spiro atoms. The average Bonchev–Trinajstić information content (AvgIpc) is 2.69. The topological polar surface area (TPSA) is 70.2 Å². The minimum Gasteiger partial charge on any atom is -0.346 e. The van der Waals surface area contributed by atoms with Crippen LogP contribution < -0.4 is 16.0 Å². The highest BCUT2D eigenvalue weighted by atomic mass is 16.2. The van der Waals surface area contributed by atoms with Gasteiger partial charge in [-0.1, -0.05) is 56.3 Å². The number of aryl methyl sites for hydroxylation is 2. The molecule has 0 fully saturated rings. The maximum absolute atomic E-state index is 12.4. The van der Waals surface area contributed by atoms with E-state index in [0.717, 1.165) is 28.8 Å². The quantitative estimate of drug-likeness (QED) is 0.578. The summed E-state index contributed by atoms with van der Waals surface area (Å²) in [6.45, 7) is 12.1. The molecule has 0 aliphatic heterocycles. The maximum atomic E-state index is 12.4. The first kappa shape index (κ1) is 23.6. The molecule has 5 heteroatoms. The van der Waals surface area contributed by atoms with Gasteiger partial charge in [0.25, 0.3) is 0 Å². The third-order valence-corrected chi connectivity index (χ3v) is 5.19. The number of benzene rings is 2. The predicted molar refractivity (Wildman–Crippen MR) is 124 cm³/mol. The fourth-order valence-corrected chi connectivity index (χ4v) is 3.48. The molecule has 0 unspecified atom stereocenters. The number of nitrogens with one attached hydrogen (secondary N) is 3. The fraction of sp³-hybridized carbons (Fsp3) is 0.440. The molecule has 162 valence electrons. The number of rotatable bonds is 9. The summed E-state index contributed by atoms with van der Waals surface area (Å²) in [5.74, 6) is 0.193. The van der Waals surface area contributed by atoms with E-state index >= 15 is 0 Å². The van der Waals surface area contributed by atoms with Gasteiger partial charge in [0.05, 0.1) is 12.6 Å². The van der Waals surface area contributed by atoms with Gasteiger partial charge in [0.2, 0.25) is 11.8 Å². The van der Waals surface area contributed by atoms with Gasteiger partial charge in [0.15, 0.2) is 0 Å². The number of amides is 2. The van der Waals surface area contributed by atoms with E-state index in [-0.39, 0.29) is 24.4 Å². The maximum Gasteiger partial charge on any atom is 0.243 e. The Kier molecular flexibility index (Phi) is 8.60. The van der Waals surface area contributed by atoms with Crippen molar-refractivity contribution in [3.05, 3.63) is 64.7 Å². The van der Waals surface area contributed by atoms with E-state index in [1.807, 2.05) is 45.9 Å². The lowest BCUT2D eigenvalue weighted by molar-refractivity contribution is -0.125. The highest BCUT2D eigenvalue weighted by Crippen LogP contribution is 2.19. The summed E-state index contributed by atoms with van der Waals surface area (Å²) in [6.07, 6.45) is 1.06. The third-order valence-electron chi connectivity index (χ3n) is 5.19. The Bertz CT molecular complexity index is 839. The van der Waals surface area contributed by atoms with E-state index in [2.05, 4.69) is 54.1 Å². The monoisotopic (exact) mass is 409 g/mol. The summed E-state index contributed by atoms with van der Waals surface area (Å²) in [6, 6.07) is 14.0. The van der Waals surface area contributed by atoms with Crippen LogP contribution >= 0.6 is 0 Å². The van der Waals surface area contributed by atoms with Crippen LogP contribution in [0.15, 0.2) is 42.5 Å². The molecule has 5 nitrogen and oxygen atoms in total. The van der Waals surface area contributed by atoms with Crippen LogP contribution in [0.2, 0.25) is 0 Å². The van der Waals surface area contributed by atoms with Crippen LogP contribution in [-0.4, -0.2) is 24.4 Å². The first-order valence-electron chi connectivity index (χ1n) is 10.7. The van der Waals surface area contributed by atoms with Gasteiger partial charge >= 0.3 is 0 Å². The summed E-state index contributed by atoms with van der Waals surface area (Å²) >= 11 is 0. The van der Waals surface area contributed by atoms with Crippen LogP contribution in [0.4, 0.5) is 5.69 Å². The molecule has 0 heterocycles. The van der Waals surface area contributed by atoms with Crippen molar-refractivity contribution in [1.29, 1.82) is 0 Å². The van der Waals surface area contributed by atoms with Crippen LogP contribution in [0.25, 0.3) is 0 Å². The van der Waals surface area contributed by atoms with Crippen molar-refractivity contribution >= 4 is 17.5 Å². The third kappa shape index (κ3) is 6.99. The summed E-state index contributed by atoms with van der Waals surface area (Å²) in [4.78, 5) is 24.7. The van der Waals surface area contributed by atoms with E-state index in [4.69, 9.17) is 0 Å². The minimum absolute atomic E-state index is 0.0299. The Morgan fingerprint density at radius 2 is 1.50 bits per heavy atom. The van der Waals surface area contributed by atoms with Gasteiger partial charge < -0.3 is 10.6 Å². The molecule has 3 N–H and O–H groups in total. The second-order valence-corrected chi connectivity index (χ2v) is 8.48. The molecule has 2 rings (SSSR count). The van der Waals surface area contributed by atoms with E-state index in [1.54, 1.807) is 0 Å². The molecule has 0 aliphatic carbocycles. The second kappa shape index (κ2) is 10.9. The smallest absolute Gasteiger partial charge is 0.243 e. The van der Waals surface area contributed by atoms with Crippen LogP contribution in [0.3, 0.4) is 0 Å². The number of carbonyl (C=O) groups excluding carboxylic acids is 2. The van der Waals surface area contributed by atoms with Crippen LogP contribution in [0, 0.1) is 19.8 Å². The molecular weight excluding hydrogens is 374 g/mol. The molecule has 2 atom stereocenters. The lowest BCUT2D eigenvalue weighted by Crippen LogP contribution is -2.45. The largest absolute Gasteiger partial charge is 0.346 e. The van der Waals surface area contributed by atoms with Crippen molar-refractivity contribution in [2.75, 3.05) is 11.9 Å². The van der Waals surface area contributed by atoms with Crippen molar-refractivity contribution < 1.29 is 9.59 Å². The Hall–Kier alpha value is -2.66. The number of hydrogen-bond acceptors (Lipinski definition) is 3. The number of anilines is 1. The average molecular weight is 410 g/mol. The van der Waals surface area contributed by atoms with Crippen molar-refractivity contribution in [2.45, 2.75) is 60.0 Å². The second-order valence-electron chi connectivity index (χ2n) is 8.48. The van der Waals surface area contributed by atoms with Crippen molar-refractivity contribution in [3.63, 3.8) is 0 Å². The standard InChI is InChI=1S/C25H35N3O2/c1-16(2)14-21-10-12-22(13-11-21)19(5)27-20(6)25(30)26-15-23(29)28-24-17(3)8-7-9-18(24)4/h7-13,16,19-20,27H,14-15H2,1-6H3,(H,26,30)(H,28,29)/t19-,20+/m0/s1. The molecule has 2 aromatic rings. The van der Waals surface area contributed by atoms with E-state index < -0.39 is 6.04 Å². The van der Waals surface area contributed by atoms with Gasteiger partial charge in [-0.15, -0.1) is 0 Å². The van der Waals surface area contributed by atoms with Crippen molar-refractivity contribution in [2.24, 2.45) is 5.92 Å². The zero-order valence-electron chi connectivity index (χ0n) is 19.0. The molecule has 0 aliphatic rings. The van der Waals surface area contributed by atoms with Crippen LogP contribution in [0.1, 0.15) is 56.0 Å². The molecule has 0 radical (unpaired) electrons. The lowest BCUT2D eigenvalue weighted by Gasteiger charge is -2.20. The van der Waals surface area contributed by atoms with Crippen molar-refractivity contribution in [3.8, 4) is 0 Å². The molecule has 2 amide bonds. The van der Waals surface area contributed by atoms with Gasteiger partial charge in [-0.05, 0) is 62.3 Å². The van der Waals surface area contributed by atoms with Gasteiger partial charge in [-0.3, -0.25) is 14.9 Å².